The van der Waals surface area contributed by atoms with E-state index >= 15 is 0 Å². The molecule has 1 unspecified atom stereocenters. The number of rotatable bonds is 5. The van der Waals surface area contributed by atoms with Gasteiger partial charge in [-0.3, -0.25) is 4.79 Å². The Morgan fingerprint density at radius 2 is 1.96 bits per heavy atom. The Morgan fingerprint density at radius 3 is 2.62 bits per heavy atom. The summed E-state index contributed by atoms with van der Waals surface area (Å²) < 4.78 is 5.96. The van der Waals surface area contributed by atoms with Crippen molar-refractivity contribution in [2.75, 3.05) is 18.4 Å². The monoisotopic (exact) mass is 397 g/mol. The van der Waals surface area contributed by atoms with Crippen LogP contribution in [0.2, 0.25) is 0 Å². The molecule has 0 spiro atoms. The number of carbonyl (C=O) groups is 1. The average Bonchev–Trinajstić information content (AvgIpc) is 2.52. The van der Waals surface area contributed by atoms with Crippen molar-refractivity contribution in [3.8, 4) is 11.6 Å². The van der Waals surface area contributed by atoms with Gasteiger partial charge in [0.05, 0.1) is 0 Å². The van der Waals surface area contributed by atoms with Crippen LogP contribution in [0.3, 0.4) is 0 Å². The summed E-state index contributed by atoms with van der Waals surface area (Å²) in [6.45, 7) is 7.80. The van der Waals surface area contributed by atoms with Crippen molar-refractivity contribution in [3.63, 3.8) is 0 Å². The number of halogens is 2. The van der Waals surface area contributed by atoms with E-state index in [1.807, 2.05) is 45.0 Å². The molecule has 0 aliphatic carbocycles. The van der Waals surface area contributed by atoms with Crippen LogP contribution in [0.25, 0.3) is 0 Å². The first-order valence-electron chi connectivity index (χ1n) is 8.27. The summed E-state index contributed by atoms with van der Waals surface area (Å²) >= 11 is 0. The van der Waals surface area contributed by atoms with E-state index in [0.717, 1.165) is 30.0 Å². The van der Waals surface area contributed by atoms with E-state index < -0.39 is 0 Å². The van der Waals surface area contributed by atoms with Crippen LogP contribution in [-0.4, -0.2) is 24.0 Å². The number of amides is 1. The number of hydrogen-bond acceptors (Lipinski definition) is 4. The number of nitrogens with zero attached hydrogens (tertiary/aromatic N) is 1. The van der Waals surface area contributed by atoms with Crippen LogP contribution in [0.15, 0.2) is 36.5 Å². The SMILES string of the molecule is Cc1cccc(Oc2ncccc2NC(=O)C(C)C2CNC2)c1C.Cl.Cl. The highest BCUT2D eigenvalue weighted by molar-refractivity contribution is 5.93. The minimum atomic E-state index is -0.0417. The van der Waals surface area contributed by atoms with Crippen LogP contribution < -0.4 is 15.4 Å². The van der Waals surface area contributed by atoms with Crippen LogP contribution in [-0.2, 0) is 4.79 Å². The molecule has 0 bridgehead atoms. The fourth-order valence-electron chi connectivity index (χ4n) is 2.63. The molecule has 1 aromatic heterocycles. The molecule has 2 heterocycles. The largest absolute Gasteiger partial charge is 0.437 e. The predicted octanol–water partition coefficient (Wildman–Crippen LogP) is 4.13. The quantitative estimate of drug-likeness (QED) is 0.795. The first-order valence-corrected chi connectivity index (χ1v) is 8.27. The summed E-state index contributed by atoms with van der Waals surface area (Å²) in [5.41, 5.74) is 2.82. The minimum Gasteiger partial charge on any atom is -0.437 e. The van der Waals surface area contributed by atoms with E-state index in [4.69, 9.17) is 4.74 Å². The van der Waals surface area contributed by atoms with Gasteiger partial charge in [-0.15, -0.1) is 24.8 Å². The minimum absolute atomic E-state index is 0. The highest BCUT2D eigenvalue weighted by atomic mass is 35.5. The molecule has 0 radical (unpaired) electrons. The molecule has 5 nitrogen and oxygen atoms in total. The van der Waals surface area contributed by atoms with Crippen LogP contribution in [0.4, 0.5) is 5.69 Å². The summed E-state index contributed by atoms with van der Waals surface area (Å²) in [7, 11) is 0. The molecule has 2 N–H and O–H groups in total. The van der Waals surface area contributed by atoms with E-state index in [9.17, 15) is 4.79 Å². The zero-order valence-corrected chi connectivity index (χ0v) is 16.7. The molecular formula is C19H25Cl2N3O2. The van der Waals surface area contributed by atoms with Crippen molar-refractivity contribution < 1.29 is 9.53 Å². The Balaban J connectivity index is 0.00000169. The maximum Gasteiger partial charge on any atom is 0.243 e. The van der Waals surface area contributed by atoms with Gasteiger partial charge in [0, 0.05) is 12.1 Å². The molecule has 1 aromatic carbocycles. The molecule has 1 aliphatic rings. The summed E-state index contributed by atoms with van der Waals surface area (Å²) in [5, 5.41) is 6.16. The lowest BCUT2D eigenvalue weighted by Gasteiger charge is -2.31. The summed E-state index contributed by atoms with van der Waals surface area (Å²) in [6, 6.07) is 9.51. The number of pyridine rings is 1. The number of aryl methyl sites for hydroxylation is 1. The van der Waals surface area contributed by atoms with E-state index in [1.54, 1.807) is 12.3 Å². The lowest BCUT2D eigenvalue weighted by molar-refractivity contribution is -0.121. The highest BCUT2D eigenvalue weighted by Crippen LogP contribution is 2.31. The predicted molar refractivity (Wildman–Crippen MR) is 109 cm³/mol. The van der Waals surface area contributed by atoms with Crippen molar-refractivity contribution >= 4 is 36.4 Å². The Labute approximate surface area is 166 Å². The summed E-state index contributed by atoms with van der Waals surface area (Å²) in [4.78, 5) is 16.7. The normalized spacial score (nSPS) is 14.3. The number of nitrogens with one attached hydrogen (secondary N) is 2. The fourth-order valence-corrected chi connectivity index (χ4v) is 2.63. The summed E-state index contributed by atoms with van der Waals surface area (Å²) in [5.74, 6) is 1.52. The zero-order valence-electron chi connectivity index (χ0n) is 15.1. The van der Waals surface area contributed by atoms with Gasteiger partial charge < -0.3 is 15.4 Å². The van der Waals surface area contributed by atoms with E-state index in [-0.39, 0.29) is 36.6 Å². The van der Waals surface area contributed by atoms with Crippen LogP contribution >= 0.6 is 24.8 Å². The van der Waals surface area contributed by atoms with Gasteiger partial charge in [-0.05, 0) is 62.2 Å². The van der Waals surface area contributed by atoms with Crippen molar-refractivity contribution in [3.05, 3.63) is 47.7 Å². The van der Waals surface area contributed by atoms with Gasteiger partial charge in [0.25, 0.3) is 0 Å². The molecule has 26 heavy (non-hydrogen) atoms. The summed E-state index contributed by atoms with van der Waals surface area (Å²) in [6.07, 6.45) is 1.66. The van der Waals surface area contributed by atoms with Gasteiger partial charge in [-0.1, -0.05) is 19.1 Å². The molecular weight excluding hydrogens is 373 g/mol. The lowest BCUT2D eigenvalue weighted by atomic mass is 9.88. The van der Waals surface area contributed by atoms with Crippen LogP contribution in [0.1, 0.15) is 18.1 Å². The first-order chi connectivity index (χ1) is 11.6. The molecule has 142 valence electrons. The molecule has 1 amide bonds. The maximum absolute atomic E-state index is 12.5. The van der Waals surface area contributed by atoms with Gasteiger partial charge in [0.2, 0.25) is 11.8 Å². The van der Waals surface area contributed by atoms with Gasteiger partial charge >= 0.3 is 0 Å². The van der Waals surface area contributed by atoms with Crippen LogP contribution in [0, 0.1) is 25.7 Å². The Kier molecular flexibility index (Phi) is 8.34. The first kappa shape index (κ1) is 22.2. The van der Waals surface area contributed by atoms with Gasteiger partial charge in [-0.25, -0.2) is 4.98 Å². The number of hydrogen-bond donors (Lipinski definition) is 2. The smallest absolute Gasteiger partial charge is 0.243 e. The fraction of sp³-hybridized carbons (Fsp3) is 0.368. The second-order valence-electron chi connectivity index (χ2n) is 6.35. The maximum atomic E-state index is 12.5. The number of ether oxygens (including phenoxy) is 1. The number of benzene rings is 1. The second-order valence-corrected chi connectivity index (χ2v) is 6.35. The van der Waals surface area contributed by atoms with E-state index in [0.29, 0.717) is 17.5 Å². The van der Waals surface area contributed by atoms with E-state index in [1.165, 1.54) is 0 Å². The zero-order chi connectivity index (χ0) is 17.1. The van der Waals surface area contributed by atoms with Crippen molar-refractivity contribution in [1.82, 2.24) is 10.3 Å². The van der Waals surface area contributed by atoms with Crippen molar-refractivity contribution in [2.45, 2.75) is 20.8 Å². The Morgan fingerprint density at radius 1 is 1.23 bits per heavy atom. The molecule has 7 heteroatoms. The van der Waals surface area contributed by atoms with Crippen LogP contribution in [0.5, 0.6) is 11.6 Å². The third-order valence-corrected chi connectivity index (χ3v) is 4.72. The number of carbonyl (C=O) groups excluding carboxylic acids is 1. The van der Waals surface area contributed by atoms with Crippen molar-refractivity contribution in [2.24, 2.45) is 11.8 Å². The van der Waals surface area contributed by atoms with Gasteiger partial charge in [-0.2, -0.15) is 0 Å². The lowest BCUT2D eigenvalue weighted by Crippen LogP contribution is -2.48. The molecule has 1 aliphatic heterocycles. The Bertz CT molecular complexity index is 751. The number of anilines is 1. The third kappa shape index (κ3) is 4.87. The van der Waals surface area contributed by atoms with Gasteiger partial charge in [0.1, 0.15) is 11.4 Å². The standard InChI is InChI=1S/C19H23N3O2.2ClH/c1-12-6-4-8-17(13(12)2)24-19-16(7-5-9-21-19)22-18(23)14(3)15-10-20-11-15;;/h4-9,14-15,20H,10-11H2,1-3H3,(H,22,23);2*1H. The van der Waals surface area contributed by atoms with Crippen molar-refractivity contribution in [1.29, 1.82) is 0 Å². The topological polar surface area (TPSA) is 63.2 Å². The molecule has 3 rings (SSSR count). The van der Waals surface area contributed by atoms with Gasteiger partial charge in [0.15, 0.2) is 0 Å². The Hall–Kier alpha value is -1.82. The molecule has 1 saturated heterocycles. The molecule has 0 saturated carbocycles. The molecule has 1 fully saturated rings. The third-order valence-electron chi connectivity index (χ3n) is 4.72. The second kappa shape index (κ2) is 9.76. The van der Waals surface area contributed by atoms with E-state index in [2.05, 4.69) is 15.6 Å². The molecule has 1 atom stereocenters. The highest BCUT2D eigenvalue weighted by Gasteiger charge is 2.29. The number of aromatic nitrogens is 1. The molecule has 2 aromatic rings. The average molecular weight is 398 g/mol.